The van der Waals surface area contributed by atoms with Gasteiger partial charge in [0.05, 0.1) is 60.3 Å². The number of benzene rings is 1. The molecule has 27 nitrogen and oxygen atoms in total. The van der Waals surface area contributed by atoms with Crippen LogP contribution in [0.15, 0.2) is 24.3 Å². The molecule has 0 bridgehead atoms. The molecule has 9 rings (SSSR count). The molecular weight excluding hydrogens is 1020 g/mol. The Morgan fingerprint density at radius 2 is 1.22 bits per heavy atom. The lowest BCUT2D eigenvalue weighted by Gasteiger charge is -2.50. The number of hydrogen-bond donors (Lipinski definition) is 13. The van der Waals surface area contributed by atoms with Gasteiger partial charge in [0.15, 0.2) is 30.8 Å². The molecule has 1 aromatic rings. The van der Waals surface area contributed by atoms with Crippen molar-refractivity contribution < 1.29 is 132 Å². The Hall–Kier alpha value is -2.57. The van der Waals surface area contributed by atoms with Gasteiger partial charge in [-0.2, -0.15) is 0 Å². The van der Waals surface area contributed by atoms with E-state index in [4.69, 9.17) is 52.1 Å². The van der Waals surface area contributed by atoms with E-state index in [1.54, 1.807) is 6.92 Å². The summed E-state index contributed by atoms with van der Waals surface area (Å²) >= 11 is 0. The number of hydrogen-bond acceptors (Lipinski definition) is 27. The highest BCUT2D eigenvalue weighted by molar-refractivity contribution is 7.86. The fourth-order valence-corrected chi connectivity index (χ4v) is 13.3. The van der Waals surface area contributed by atoms with Crippen LogP contribution in [0.4, 0.5) is 0 Å². The number of aromatic hydroxyl groups is 1. The van der Waals surface area contributed by atoms with E-state index in [1.807, 2.05) is 0 Å². The zero-order valence-corrected chi connectivity index (χ0v) is 41.2. The second-order valence-corrected chi connectivity index (χ2v) is 22.2. The van der Waals surface area contributed by atoms with E-state index in [1.165, 1.54) is 45.0 Å². The first-order chi connectivity index (χ1) is 34.9. The summed E-state index contributed by atoms with van der Waals surface area (Å²) in [6.07, 6.45) is -41.4. The Labute approximate surface area is 424 Å². The summed E-state index contributed by atoms with van der Waals surface area (Å²) in [5, 5.41) is 141. The Morgan fingerprint density at radius 3 is 1.81 bits per heavy atom. The number of ketones is 1. The number of rotatable bonds is 11. The van der Waals surface area contributed by atoms with Crippen LogP contribution in [0.5, 0.6) is 5.75 Å². The number of phenolic OH excluding ortho intramolecular Hbond substituents is 1. The molecule has 0 aromatic heterocycles. The first-order valence-electron chi connectivity index (χ1n) is 24.5. The Morgan fingerprint density at radius 1 is 0.676 bits per heavy atom. The van der Waals surface area contributed by atoms with Crippen molar-refractivity contribution in [2.75, 3.05) is 19.0 Å². The second kappa shape index (κ2) is 21.6. The van der Waals surface area contributed by atoms with Crippen molar-refractivity contribution in [3.63, 3.8) is 0 Å². The molecule has 30 atom stereocenters. The van der Waals surface area contributed by atoms with Crippen LogP contribution in [0, 0.1) is 11.8 Å². The average molecular weight is 1080 g/mol. The van der Waals surface area contributed by atoms with Gasteiger partial charge in [0.25, 0.3) is 0 Å². The monoisotopic (exact) mass is 1080 g/mol. The number of fused-ring (bicyclic) bond motifs is 3. The number of carbonyl (C=O) groups excluding carboxylic acids is 2. The molecular formula is C46H66O27S. The molecule has 1 aromatic carbocycles. The van der Waals surface area contributed by atoms with Crippen LogP contribution < -0.4 is 0 Å². The first-order valence-corrected chi connectivity index (χ1v) is 25.9. The van der Waals surface area contributed by atoms with Crippen molar-refractivity contribution in [1.29, 1.82) is 0 Å². The Bertz CT molecular complexity index is 2180. The topological polar surface area (TPSA) is 416 Å². The Kier molecular flexibility index (Phi) is 16.4. The van der Waals surface area contributed by atoms with Gasteiger partial charge < -0.3 is 118 Å². The number of aliphatic hydroxyl groups excluding tert-OH is 11. The van der Waals surface area contributed by atoms with Crippen molar-refractivity contribution in [2.24, 2.45) is 11.8 Å². The lowest BCUT2D eigenvalue weighted by molar-refractivity contribution is -0.408. The molecule has 1 saturated carbocycles. The number of aliphatic hydroxyl groups is 12. The van der Waals surface area contributed by atoms with Crippen molar-refractivity contribution in [1.82, 2.24) is 0 Å². The zero-order valence-electron chi connectivity index (χ0n) is 40.4. The number of esters is 1. The van der Waals surface area contributed by atoms with E-state index >= 15 is 0 Å². The van der Waals surface area contributed by atoms with Crippen LogP contribution in [0.2, 0.25) is 0 Å². The lowest BCUT2D eigenvalue weighted by Crippen LogP contribution is -2.68. The van der Waals surface area contributed by atoms with Gasteiger partial charge in [0.1, 0.15) is 97.3 Å². The van der Waals surface area contributed by atoms with Gasteiger partial charge in [-0.05, 0) is 51.5 Å². The summed E-state index contributed by atoms with van der Waals surface area (Å²) in [5.74, 6) is -6.03. The summed E-state index contributed by atoms with van der Waals surface area (Å²) in [6, 6.07) is 5.26. The molecule has 1 aliphatic carbocycles. The summed E-state index contributed by atoms with van der Waals surface area (Å²) in [6.45, 7) is 4.61. The van der Waals surface area contributed by atoms with Gasteiger partial charge >= 0.3 is 5.97 Å². The van der Waals surface area contributed by atoms with Gasteiger partial charge in [-0.1, -0.05) is 6.92 Å². The molecule has 0 unspecified atom stereocenters. The smallest absolute Gasteiger partial charge is 0.338 e. The third kappa shape index (κ3) is 9.88. The standard InChI is InChI=1S/C46H66O27S/c1-14-12-63-45(10-21(14)67-39(59)18-5-7-19(48)8-6-18)44(60)46(61)24(49)9-20-23(13-74(62)37(20)38(46)73-45)69-42-35(31(56)27(52)17(4)66-42)71-43-36(72-41-33(58)30(55)26(51)16(3)65-41)34(28(53)22(11-47)68-43)70-40-32(57)29(54)25(50)15(2)64-40/h5-8,14-17,20-38,40-43,47-58,61H,9-13H2,1-4H3/t14-,15+,16+,17-,20-,21+,22-,23+,24+,25+,26+,27-,28-,29-,30-,31+,32-,33-,34+,35-,36-,37+,38-,40+,41+,42+,43+,45+,46-,74+/m1/s1. The summed E-state index contributed by atoms with van der Waals surface area (Å²) in [4.78, 5) is 27.6. The van der Waals surface area contributed by atoms with Crippen LogP contribution in [0.25, 0.3) is 0 Å². The summed E-state index contributed by atoms with van der Waals surface area (Å²) < 4.78 is 80.6. The minimum Gasteiger partial charge on any atom is -0.508 e. The molecule has 8 fully saturated rings. The fourth-order valence-electron chi connectivity index (χ4n) is 11.2. The molecule has 418 valence electrons. The number of Topliss-reactive ketones (excluding diaryl/α,β-unsaturated/α-hetero) is 1. The third-order valence-corrected chi connectivity index (χ3v) is 17.6. The molecule has 1 spiro atoms. The predicted molar refractivity (Wildman–Crippen MR) is 238 cm³/mol. The van der Waals surface area contributed by atoms with Crippen molar-refractivity contribution in [3.8, 4) is 5.75 Å². The highest BCUT2D eigenvalue weighted by atomic mass is 32.2. The number of phenols is 1. The van der Waals surface area contributed by atoms with Crippen LogP contribution in [-0.2, 0) is 67.7 Å². The van der Waals surface area contributed by atoms with E-state index in [-0.39, 0.29) is 23.7 Å². The maximum Gasteiger partial charge on any atom is 0.338 e. The minimum atomic E-state index is -2.67. The van der Waals surface area contributed by atoms with Crippen molar-refractivity contribution in [2.45, 2.75) is 204 Å². The molecule has 28 heteroatoms. The van der Waals surface area contributed by atoms with Gasteiger partial charge in [-0.25, -0.2) is 4.79 Å². The van der Waals surface area contributed by atoms with Gasteiger partial charge in [-0.3, -0.25) is 9.00 Å². The number of ether oxygens (including phenoxy) is 11. The minimum absolute atomic E-state index is 0.0886. The summed E-state index contributed by atoms with van der Waals surface area (Å²) in [5.41, 5.74) is -2.58. The normalized spacial score (nSPS) is 52.6. The van der Waals surface area contributed by atoms with Gasteiger partial charge in [0, 0.05) is 29.1 Å². The molecule has 7 heterocycles. The molecule has 0 amide bonds. The van der Waals surface area contributed by atoms with Crippen LogP contribution in [-0.4, -0.2) is 265 Å². The fraction of sp³-hybridized carbons (Fsp3) is 0.826. The second-order valence-electron chi connectivity index (χ2n) is 20.6. The lowest BCUT2D eigenvalue weighted by atomic mass is 9.70. The van der Waals surface area contributed by atoms with Crippen molar-refractivity contribution in [3.05, 3.63) is 29.8 Å². The SMILES string of the molecule is C[C@@H]1CO[C@@]2(C[C@@H]1OC(=O)c1ccc(O)cc1)O[C@@H]1[C@@H]3[C@H](C[C@H](O)[C@]1(O)C2=O)[C@@H](O[C@@H]1O[C@H](C)[C@@H](O)[C@H](O)[C@H]1O[C@@H]1O[C@H](CO)[C@@H](O)[C@H](O[C@@H]2O[C@@H](C)[C@H](O)[C@@H](O)[C@H]2O)[C@H]1O[C@@H]1O[C@@H](C)[C@H](O)[C@@H](O)[C@H]1O)C[S@@]3=O. The third-order valence-electron chi connectivity index (χ3n) is 15.7. The Balaban J connectivity index is 0.977. The maximum absolute atomic E-state index is 14.4. The first kappa shape index (κ1) is 56.2. The molecule has 74 heavy (non-hydrogen) atoms. The molecule has 7 saturated heterocycles. The van der Waals surface area contributed by atoms with E-state index in [0.717, 1.165) is 0 Å². The molecule has 7 aliphatic heterocycles. The van der Waals surface area contributed by atoms with Gasteiger partial charge in [0.2, 0.25) is 11.6 Å². The van der Waals surface area contributed by atoms with E-state index in [0.29, 0.717) is 0 Å². The predicted octanol–water partition coefficient (Wildman–Crippen LogP) is -6.38. The van der Waals surface area contributed by atoms with Crippen LogP contribution in [0.3, 0.4) is 0 Å². The maximum atomic E-state index is 14.4. The summed E-state index contributed by atoms with van der Waals surface area (Å²) in [7, 11) is -2.01. The average Bonchev–Trinajstić information content (AvgIpc) is 3.79. The van der Waals surface area contributed by atoms with E-state index in [9.17, 15) is 80.2 Å². The molecule has 8 aliphatic rings. The van der Waals surface area contributed by atoms with Crippen LogP contribution >= 0.6 is 0 Å². The highest BCUT2D eigenvalue weighted by Gasteiger charge is 2.75. The van der Waals surface area contributed by atoms with Crippen LogP contribution in [0.1, 0.15) is 50.9 Å². The van der Waals surface area contributed by atoms with E-state index in [2.05, 4.69) is 0 Å². The quantitative estimate of drug-likeness (QED) is 0.0917. The molecule has 0 radical (unpaired) electrons. The molecule has 13 N–H and O–H groups in total. The highest BCUT2D eigenvalue weighted by Crippen LogP contribution is 2.53. The zero-order chi connectivity index (χ0) is 53.6. The van der Waals surface area contributed by atoms with Crippen molar-refractivity contribution >= 4 is 22.6 Å². The van der Waals surface area contributed by atoms with Gasteiger partial charge in [-0.15, -0.1) is 0 Å². The largest absolute Gasteiger partial charge is 0.508 e. The van der Waals surface area contributed by atoms with E-state index < -0.39 is 218 Å². The number of carbonyl (C=O) groups is 2.